The molecule has 1 heterocycles. The van der Waals surface area contributed by atoms with E-state index in [9.17, 15) is 5.11 Å². The van der Waals surface area contributed by atoms with Crippen molar-refractivity contribution in [2.45, 2.75) is 38.8 Å². The first kappa shape index (κ1) is 15.0. The van der Waals surface area contributed by atoms with Crippen LogP contribution in [0, 0.1) is 12.8 Å². The lowest BCUT2D eigenvalue weighted by molar-refractivity contribution is 0.0515. The standard InChI is InChI=1S/C18H28N2O/c1-15-2-4-17(5-3-15)13-20-10-9-19(12-16-6-7-16)14-18(20)8-11-21/h2-5,16,18,21H,6-14H2,1H3/t18-/m1/s1. The van der Waals surface area contributed by atoms with Crippen LogP contribution in [-0.2, 0) is 6.54 Å². The van der Waals surface area contributed by atoms with E-state index in [4.69, 9.17) is 0 Å². The second-order valence-electron chi connectivity index (χ2n) is 6.83. The van der Waals surface area contributed by atoms with Crippen LogP contribution in [0.25, 0.3) is 0 Å². The molecule has 1 aromatic carbocycles. The highest BCUT2D eigenvalue weighted by atomic mass is 16.3. The summed E-state index contributed by atoms with van der Waals surface area (Å²) in [5, 5.41) is 9.37. The number of aryl methyl sites for hydroxylation is 1. The molecule has 0 aromatic heterocycles. The van der Waals surface area contributed by atoms with Crippen molar-refractivity contribution in [1.82, 2.24) is 9.80 Å². The summed E-state index contributed by atoms with van der Waals surface area (Å²) >= 11 is 0. The normalized spacial score (nSPS) is 24.4. The van der Waals surface area contributed by atoms with Crippen LogP contribution in [0.15, 0.2) is 24.3 Å². The van der Waals surface area contributed by atoms with E-state index in [-0.39, 0.29) is 0 Å². The van der Waals surface area contributed by atoms with Crippen molar-refractivity contribution in [3.63, 3.8) is 0 Å². The third-order valence-corrected chi connectivity index (χ3v) is 4.87. The molecule has 2 aliphatic rings. The Hall–Kier alpha value is -0.900. The van der Waals surface area contributed by atoms with Crippen molar-refractivity contribution in [3.8, 4) is 0 Å². The van der Waals surface area contributed by atoms with Crippen molar-refractivity contribution in [2.24, 2.45) is 5.92 Å². The molecular weight excluding hydrogens is 260 g/mol. The summed E-state index contributed by atoms with van der Waals surface area (Å²) in [6, 6.07) is 9.37. The zero-order valence-electron chi connectivity index (χ0n) is 13.2. The molecule has 116 valence electrons. The molecular formula is C18H28N2O. The number of hydrogen-bond acceptors (Lipinski definition) is 3. The van der Waals surface area contributed by atoms with Crippen molar-refractivity contribution in [3.05, 3.63) is 35.4 Å². The van der Waals surface area contributed by atoms with Gasteiger partial charge in [-0.1, -0.05) is 29.8 Å². The molecule has 1 saturated heterocycles. The average molecular weight is 288 g/mol. The number of piperazine rings is 1. The van der Waals surface area contributed by atoms with Crippen molar-refractivity contribution < 1.29 is 5.11 Å². The lowest BCUT2D eigenvalue weighted by Gasteiger charge is -2.41. The van der Waals surface area contributed by atoms with E-state index in [2.05, 4.69) is 41.0 Å². The third-order valence-electron chi connectivity index (χ3n) is 4.87. The molecule has 0 unspecified atom stereocenters. The number of aliphatic hydroxyl groups is 1. The van der Waals surface area contributed by atoms with Crippen LogP contribution in [0.2, 0.25) is 0 Å². The van der Waals surface area contributed by atoms with E-state index in [0.29, 0.717) is 12.6 Å². The summed E-state index contributed by atoms with van der Waals surface area (Å²) in [4.78, 5) is 5.17. The van der Waals surface area contributed by atoms with Gasteiger partial charge in [-0.05, 0) is 37.7 Å². The first-order valence-corrected chi connectivity index (χ1v) is 8.37. The first-order chi connectivity index (χ1) is 10.2. The number of hydrogen-bond donors (Lipinski definition) is 1. The van der Waals surface area contributed by atoms with Gasteiger partial charge in [0.1, 0.15) is 0 Å². The molecule has 3 heteroatoms. The molecule has 1 aliphatic carbocycles. The van der Waals surface area contributed by atoms with E-state index in [1.165, 1.54) is 37.1 Å². The van der Waals surface area contributed by atoms with Gasteiger partial charge in [0.25, 0.3) is 0 Å². The predicted octanol–water partition coefficient (Wildman–Crippen LogP) is 2.27. The van der Waals surface area contributed by atoms with Crippen LogP contribution in [0.4, 0.5) is 0 Å². The molecule has 0 bridgehead atoms. The van der Waals surface area contributed by atoms with Gasteiger partial charge < -0.3 is 10.0 Å². The highest BCUT2D eigenvalue weighted by molar-refractivity contribution is 5.21. The second-order valence-corrected chi connectivity index (χ2v) is 6.83. The summed E-state index contributed by atoms with van der Waals surface area (Å²) < 4.78 is 0. The average Bonchev–Trinajstić information content (AvgIpc) is 3.28. The minimum Gasteiger partial charge on any atom is -0.396 e. The van der Waals surface area contributed by atoms with Crippen LogP contribution in [0.5, 0.6) is 0 Å². The van der Waals surface area contributed by atoms with Crippen LogP contribution >= 0.6 is 0 Å². The van der Waals surface area contributed by atoms with Crippen molar-refractivity contribution in [2.75, 3.05) is 32.8 Å². The zero-order valence-corrected chi connectivity index (χ0v) is 13.2. The molecule has 0 spiro atoms. The van der Waals surface area contributed by atoms with Gasteiger partial charge in [-0.15, -0.1) is 0 Å². The van der Waals surface area contributed by atoms with Gasteiger partial charge in [0, 0.05) is 45.4 Å². The summed E-state index contributed by atoms with van der Waals surface area (Å²) in [5.74, 6) is 0.962. The minimum atomic E-state index is 0.298. The number of aliphatic hydroxyl groups excluding tert-OH is 1. The summed E-state index contributed by atoms with van der Waals surface area (Å²) in [6.45, 7) is 8.17. The largest absolute Gasteiger partial charge is 0.396 e. The molecule has 1 N–H and O–H groups in total. The van der Waals surface area contributed by atoms with Gasteiger partial charge in [0.05, 0.1) is 0 Å². The van der Waals surface area contributed by atoms with Gasteiger partial charge >= 0.3 is 0 Å². The molecule has 1 saturated carbocycles. The lowest BCUT2D eigenvalue weighted by atomic mass is 10.1. The van der Waals surface area contributed by atoms with Gasteiger partial charge in [-0.2, -0.15) is 0 Å². The maximum absolute atomic E-state index is 9.37. The summed E-state index contributed by atoms with van der Waals surface area (Å²) in [7, 11) is 0. The Balaban J connectivity index is 1.58. The number of benzene rings is 1. The Kier molecular flexibility index (Phi) is 4.94. The molecule has 1 aliphatic heterocycles. The molecule has 1 aromatic rings. The van der Waals surface area contributed by atoms with Gasteiger partial charge in [-0.3, -0.25) is 4.90 Å². The lowest BCUT2D eigenvalue weighted by Crippen LogP contribution is -2.53. The Morgan fingerprint density at radius 3 is 2.57 bits per heavy atom. The smallest absolute Gasteiger partial charge is 0.0446 e. The molecule has 21 heavy (non-hydrogen) atoms. The SMILES string of the molecule is Cc1ccc(CN2CCN(CC3CC3)C[C@H]2CCO)cc1. The molecule has 0 amide bonds. The highest BCUT2D eigenvalue weighted by Gasteiger charge is 2.30. The van der Waals surface area contributed by atoms with E-state index < -0.39 is 0 Å². The van der Waals surface area contributed by atoms with E-state index in [1.54, 1.807) is 0 Å². The zero-order chi connectivity index (χ0) is 14.7. The molecule has 3 rings (SSSR count). The Labute approximate surface area is 128 Å². The Morgan fingerprint density at radius 2 is 1.90 bits per heavy atom. The second kappa shape index (κ2) is 6.91. The molecule has 3 nitrogen and oxygen atoms in total. The fraction of sp³-hybridized carbons (Fsp3) is 0.667. The minimum absolute atomic E-state index is 0.298. The first-order valence-electron chi connectivity index (χ1n) is 8.37. The number of nitrogens with zero attached hydrogens (tertiary/aromatic N) is 2. The summed E-state index contributed by atoms with van der Waals surface area (Å²) in [6.07, 6.45) is 3.75. The Morgan fingerprint density at radius 1 is 1.14 bits per heavy atom. The van der Waals surface area contributed by atoms with Gasteiger partial charge in [0.2, 0.25) is 0 Å². The molecule has 0 radical (unpaired) electrons. The van der Waals surface area contributed by atoms with Crippen molar-refractivity contribution in [1.29, 1.82) is 0 Å². The van der Waals surface area contributed by atoms with Crippen LogP contribution < -0.4 is 0 Å². The predicted molar refractivity (Wildman–Crippen MR) is 86.2 cm³/mol. The van der Waals surface area contributed by atoms with E-state index in [0.717, 1.165) is 32.0 Å². The van der Waals surface area contributed by atoms with Gasteiger partial charge in [-0.25, -0.2) is 0 Å². The van der Waals surface area contributed by atoms with Crippen LogP contribution in [0.1, 0.15) is 30.4 Å². The molecule has 1 atom stereocenters. The van der Waals surface area contributed by atoms with E-state index in [1.807, 2.05) is 0 Å². The maximum Gasteiger partial charge on any atom is 0.0446 e. The summed E-state index contributed by atoms with van der Waals surface area (Å²) in [5.41, 5.74) is 2.71. The Bertz CT molecular complexity index is 441. The van der Waals surface area contributed by atoms with E-state index >= 15 is 0 Å². The topological polar surface area (TPSA) is 26.7 Å². The number of rotatable bonds is 6. The maximum atomic E-state index is 9.37. The fourth-order valence-electron chi connectivity index (χ4n) is 3.35. The van der Waals surface area contributed by atoms with Crippen LogP contribution in [-0.4, -0.2) is 53.7 Å². The van der Waals surface area contributed by atoms with Crippen molar-refractivity contribution >= 4 is 0 Å². The van der Waals surface area contributed by atoms with Gasteiger partial charge in [0.15, 0.2) is 0 Å². The van der Waals surface area contributed by atoms with Crippen LogP contribution in [0.3, 0.4) is 0 Å². The molecule has 2 fully saturated rings. The fourth-order valence-corrected chi connectivity index (χ4v) is 3.35. The quantitative estimate of drug-likeness (QED) is 0.870. The monoisotopic (exact) mass is 288 g/mol. The third kappa shape index (κ3) is 4.29. The highest BCUT2D eigenvalue weighted by Crippen LogP contribution is 2.30.